The molecule has 118 valence electrons. The van der Waals surface area contributed by atoms with Gasteiger partial charge >= 0.3 is 0 Å². The number of benzene rings is 1. The Bertz CT molecular complexity index is 681. The van der Waals surface area contributed by atoms with E-state index < -0.39 is 0 Å². The summed E-state index contributed by atoms with van der Waals surface area (Å²) in [7, 11) is 0. The van der Waals surface area contributed by atoms with Gasteiger partial charge in [0.2, 0.25) is 0 Å². The number of aliphatic hydroxyl groups is 1. The molecule has 0 radical (unpaired) electrons. The van der Waals surface area contributed by atoms with Gasteiger partial charge in [-0.15, -0.1) is 0 Å². The van der Waals surface area contributed by atoms with Crippen molar-refractivity contribution in [3.8, 4) is 0 Å². The van der Waals surface area contributed by atoms with Crippen LogP contribution in [0.5, 0.6) is 0 Å². The molecule has 1 atom stereocenters. The van der Waals surface area contributed by atoms with Crippen LogP contribution in [0.3, 0.4) is 0 Å². The average Bonchev–Trinajstić information content (AvgIpc) is 2.99. The molecular weight excluding hydrogens is 298 g/mol. The van der Waals surface area contributed by atoms with Crippen molar-refractivity contribution in [1.82, 2.24) is 15.1 Å². The Balaban J connectivity index is 1.72. The highest BCUT2D eigenvalue weighted by Crippen LogP contribution is 2.33. The van der Waals surface area contributed by atoms with Crippen molar-refractivity contribution in [2.24, 2.45) is 0 Å². The van der Waals surface area contributed by atoms with Crippen LogP contribution in [0.25, 0.3) is 0 Å². The summed E-state index contributed by atoms with van der Waals surface area (Å²) < 4.78 is 1.88. The third-order valence-corrected chi connectivity index (χ3v) is 4.79. The smallest absolute Gasteiger partial charge is 0.0644 e. The zero-order valence-corrected chi connectivity index (χ0v) is 13.8. The molecule has 1 aliphatic carbocycles. The van der Waals surface area contributed by atoms with Gasteiger partial charge in [0.25, 0.3) is 0 Å². The van der Waals surface area contributed by atoms with E-state index in [0.29, 0.717) is 12.6 Å². The average molecular weight is 320 g/mol. The number of fused-ring (bicyclic) bond motifs is 1. The lowest BCUT2D eigenvalue weighted by molar-refractivity contribution is 0.267. The van der Waals surface area contributed by atoms with Gasteiger partial charge < -0.3 is 10.4 Å². The maximum Gasteiger partial charge on any atom is 0.0644 e. The molecule has 1 aromatic heterocycles. The summed E-state index contributed by atoms with van der Waals surface area (Å²) in [6.07, 6.45) is 2.19. The Morgan fingerprint density at radius 2 is 2.23 bits per heavy atom. The van der Waals surface area contributed by atoms with Gasteiger partial charge in [-0.25, -0.2) is 0 Å². The minimum atomic E-state index is 0.117. The van der Waals surface area contributed by atoms with Crippen molar-refractivity contribution in [1.29, 1.82) is 0 Å². The first-order chi connectivity index (χ1) is 10.6. The van der Waals surface area contributed by atoms with Crippen molar-refractivity contribution < 1.29 is 5.11 Å². The van der Waals surface area contributed by atoms with Gasteiger partial charge in [0.15, 0.2) is 0 Å². The standard InChI is InChI=1S/C17H22ClN3O/c1-11-16(12(2)21(20-11)7-8-22)10-19-17-6-3-13-9-14(18)4-5-15(13)17/h4-5,9,17,19,22H,3,6-8,10H2,1-2H3. The zero-order valence-electron chi connectivity index (χ0n) is 13.1. The first kappa shape index (κ1) is 15.5. The summed E-state index contributed by atoms with van der Waals surface area (Å²) in [5.41, 5.74) is 6.12. The van der Waals surface area contributed by atoms with Crippen molar-refractivity contribution in [2.45, 2.75) is 45.8 Å². The third kappa shape index (κ3) is 2.91. The van der Waals surface area contributed by atoms with E-state index in [1.807, 2.05) is 17.7 Å². The predicted molar refractivity (Wildman–Crippen MR) is 88.1 cm³/mol. The van der Waals surface area contributed by atoms with Crippen LogP contribution in [0.15, 0.2) is 18.2 Å². The van der Waals surface area contributed by atoms with Crippen molar-refractivity contribution in [2.75, 3.05) is 6.61 Å². The summed E-state index contributed by atoms with van der Waals surface area (Å²) in [6, 6.07) is 6.56. The number of aromatic nitrogens is 2. The van der Waals surface area contributed by atoms with E-state index in [1.54, 1.807) is 0 Å². The monoisotopic (exact) mass is 319 g/mol. The summed E-state index contributed by atoms with van der Waals surface area (Å²) in [6.45, 7) is 5.56. The van der Waals surface area contributed by atoms with Gasteiger partial charge in [0.05, 0.1) is 18.8 Å². The summed E-state index contributed by atoms with van der Waals surface area (Å²) in [5, 5.41) is 18.1. The molecule has 1 heterocycles. The molecule has 0 spiro atoms. The molecule has 2 aromatic rings. The molecular formula is C17H22ClN3O. The van der Waals surface area contributed by atoms with Gasteiger partial charge in [0, 0.05) is 28.9 Å². The van der Waals surface area contributed by atoms with E-state index in [2.05, 4.69) is 29.5 Å². The van der Waals surface area contributed by atoms with Crippen LogP contribution in [0.1, 0.15) is 40.5 Å². The summed E-state index contributed by atoms with van der Waals surface area (Å²) >= 11 is 6.07. The van der Waals surface area contributed by atoms with Crippen LogP contribution < -0.4 is 5.32 Å². The minimum Gasteiger partial charge on any atom is -0.394 e. The molecule has 1 unspecified atom stereocenters. The fourth-order valence-electron chi connectivity index (χ4n) is 3.33. The molecule has 0 bridgehead atoms. The maximum absolute atomic E-state index is 9.09. The number of nitrogens with one attached hydrogen (secondary N) is 1. The molecule has 3 rings (SSSR count). The second-order valence-electron chi connectivity index (χ2n) is 5.91. The maximum atomic E-state index is 9.09. The molecule has 22 heavy (non-hydrogen) atoms. The van der Waals surface area contributed by atoms with Crippen LogP contribution in [-0.2, 0) is 19.5 Å². The Morgan fingerprint density at radius 3 is 3.00 bits per heavy atom. The van der Waals surface area contributed by atoms with Crippen molar-refractivity contribution >= 4 is 11.6 Å². The molecule has 1 aromatic carbocycles. The normalized spacial score (nSPS) is 17.0. The van der Waals surface area contributed by atoms with Gasteiger partial charge in [-0.05, 0) is 49.9 Å². The lowest BCUT2D eigenvalue weighted by Gasteiger charge is -2.14. The molecule has 0 saturated carbocycles. The van der Waals surface area contributed by atoms with E-state index in [9.17, 15) is 0 Å². The molecule has 0 aliphatic heterocycles. The van der Waals surface area contributed by atoms with E-state index in [0.717, 1.165) is 35.8 Å². The number of halogens is 1. The van der Waals surface area contributed by atoms with E-state index in [-0.39, 0.29) is 6.61 Å². The van der Waals surface area contributed by atoms with Crippen LogP contribution in [0.4, 0.5) is 0 Å². The minimum absolute atomic E-state index is 0.117. The van der Waals surface area contributed by atoms with E-state index in [4.69, 9.17) is 16.7 Å². The Morgan fingerprint density at radius 1 is 1.41 bits per heavy atom. The number of hydrogen-bond donors (Lipinski definition) is 2. The van der Waals surface area contributed by atoms with Gasteiger partial charge in [-0.3, -0.25) is 4.68 Å². The number of aliphatic hydroxyl groups excluding tert-OH is 1. The second kappa shape index (κ2) is 6.41. The second-order valence-corrected chi connectivity index (χ2v) is 6.35. The first-order valence-corrected chi connectivity index (χ1v) is 8.13. The Labute approximate surface area is 136 Å². The molecule has 4 nitrogen and oxygen atoms in total. The summed E-state index contributed by atoms with van der Waals surface area (Å²) in [5.74, 6) is 0. The number of hydrogen-bond acceptors (Lipinski definition) is 3. The highest BCUT2D eigenvalue weighted by molar-refractivity contribution is 6.30. The lowest BCUT2D eigenvalue weighted by Crippen LogP contribution is -2.19. The summed E-state index contributed by atoms with van der Waals surface area (Å²) in [4.78, 5) is 0. The highest BCUT2D eigenvalue weighted by Gasteiger charge is 2.23. The van der Waals surface area contributed by atoms with Gasteiger partial charge in [-0.2, -0.15) is 5.10 Å². The number of nitrogens with zero attached hydrogens (tertiary/aromatic N) is 2. The van der Waals surface area contributed by atoms with Crippen molar-refractivity contribution in [3.05, 3.63) is 51.3 Å². The lowest BCUT2D eigenvalue weighted by atomic mass is 10.1. The first-order valence-electron chi connectivity index (χ1n) is 7.75. The van der Waals surface area contributed by atoms with E-state index >= 15 is 0 Å². The van der Waals surface area contributed by atoms with Crippen molar-refractivity contribution in [3.63, 3.8) is 0 Å². The SMILES string of the molecule is Cc1nn(CCO)c(C)c1CNC1CCc2cc(Cl)ccc21. The topological polar surface area (TPSA) is 50.1 Å². The fourth-order valence-corrected chi connectivity index (χ4v) is 3.52. The van der Waals surface area contributed by atoms with Gasteiger partial charge in [-0.1, -0.05) is 17.7 Å². The van der Waals surface area contributed by atoms with Crippen LogP contribution in [0.2, 0.25) is 5.02 Å². The van der Waals surface area contributed by atoms with Crippen LogP contribution in [-0.4, -0.2) is 21.5 Å². The van der Waals surface area contributed by atoms with Crippen LogP contribution in [0, 0.1) is 13.8 Å². The highest BCUT2D eigenvalue weighted by atomic mass is 35.5. The molecule has 0 saturated heterocycles. The van der Waals surface area contributed by atoms with E-state index in [1.165, 1.54) is 16.7 Å². The van der Waals surface area contributed by atoms with Crippen LogP contribution >= 0.6 is 11.6 Å². The number of aryl methyl sites for hydroxylation is 2. The quantitative estimate of drug-likeness (QED) is 0.891. The fraction of sp³-hybridized carbons (Fsp3) is 0.471. The molecule has 0 fully saturated rings. The molecule has 0 amide bonds. The predicted octanol–water partition coefficient (Wildman–Crippen LogP) is 2.92. The van der Waals surface area contributed by atoms with Gasteiger partial charge in [0.1, 0.15) is 0 Å². The molecule has 5 heteroatoms. The molecule has 2 N–H and O–H groups in total. The zero-order chi connectivity index (χ0) is 15.7. The number of rotatable bonds is 5. The Kier molecular flexibility index (Phi) is 4.52. The third-order valence-electron chi connectivity index (χ3n) is 4.55. The molecule has 1 aliphatic rings. The Hall–Kier alpha value is -1.36. The largest absolute Gasteiger partial charge is 0.394 e.